The largest absolute Gasteiger partial charge is 0.379 e. The molecule has 2 rings (SSSR count). The molecular formula is C12H16N2O2. The Balaban J connectivity index is 2.04. The second kappa shape index (κ2) is 4.23. The fourth-order valence-corrected chi connectivity index (χ4v) is 1.76. The summed E-state index contributed by atoms with van der Waals surface area (Å²) in [6.45, 7) is 2.99. The molecule has 1 heterocycles. The molecule has 0 saturated carbocycles. The van der Waals surface area contributed by atoms with Gasteiger partial charge in [0.25, 0.3) is 5.91 Å². The van der Waals surface area contributed by atoms with Gasteiger partial charge in [-0.3, -0.25) is 4.79 Å². The van der Waals surface area contributed by atoms with Gasteiger partial charge in [-0.15, -0.1) is 0 Å². The van der Waals surface area contributed by atoms with Crippen LogP contribution in [0.3, 0.4) is 0 Å². The Bertz CT molecular complexity index is 381. The summed E-state index contributed by atoms with van der Waals surface area (Å²) in [6, 6.07) is 7.51. The molecule has 1 saturated heterocycles. The van der Waals surface area contributed by atoms with Crippen LogP contribution in [-0.2, 0) is 4.79 Å². The third kappa shape index (κ3) is 2.23. The fraction of sp³-hybridized carbons (Fsp3) is 0.417. The number of rotatable bonds is 2. The van der Waals surface area contributed by atoms with E-state index in [1.165, 1.54) is 0 Å². The van der Waals surface area contributed by atoms with Crippen LogP contribution in [0.1, 0.15) is 12.0 Å². The monoisotopic (exact) mass is 220 g/mol. The number of carbonyl (C=O) groups excluding carboxylic acids is 1. The number of anilines is 1. The Labute approximate surface area is 94.7 Å². The van der Waals surface area contributed by atoms with Crippen molar-refractivity contribution in [1.82, 2.24) is 5.32 Å². The molecule has 1 atom stereocenters. The highest BCUT2D eigenvalue weighted by molar-refractivity contribution is 5.97. The molecule has 0 spiro atoms. The normalized spacial score (nSPS) is 24.4. The lowest BCUT2D eigenvalue weighted by atomic mass is 10.0. The van der Waals surface area contributed by atoms with Gasteiger partial charge in [0.2, 0.25) is 0 Å². The standard InChI is InChI=1S/C12H16N2O2/c1-9-2-4-10(5-3-9)14-11(15)12(16)6-7-13-8-12/h2-5,13,16H,6-8H2,1H3,(H,14,15). The van der Waals surface area contributed by atoms with E-state index in [9.17, 15) is 9.90 Å². The van der Waals surface area contributed by atoms with Crippen LogP contribution in [0.15, 0.2) is 24.3 Å². The third-order valence-corrected chi connectivity index (χ3v) is 2.86. The highest BCUT2D eigenvalue weighted by Gasteiger charge is 2.38. The van der Waals surface area contributed by atoms with E-state index in [2.05, 4.69) is 10.6 Å². The first-order valence-electron chi connectivity index (χ1n) is 5.41. The minimum absolute atomic E-state index is 0.324. The number of hydrogen-bond donors (Lipinski definition) is 3. The molecule has 1 aromatic carbocycles. The van der Waals surface area contributed by atoms with Crippen LogP contribution < -0.4 is 10.6 Å². The molecule has 4 nitrogen and oxygen atoms in total. The zero-order valence-electron chi connectivity index (χ0n) is 9.29. The number of aryl methyl sites for hydroxylation is 1. The molecule has 0 aliphatic carbocycles. The van der Waals surface area contributed by atoms with E-state index in [1.54, 1.807) is 0 Å². The van der Waals surface area contributed by atoms with E-state index in [0.29, 0.717) is 19.5 Å². The predicted octanol–water partition coefficient (Wildman–Crippen LogP) is 0.658. The molecule has 0 aromatic heterocycles. The molecule has 16 heavy (non-hydrogen) atoms. The van der Waals surface area contributed by atoms with Crippen molar-refractivity contribution >= 4 is 11.6 Å². The van der Waals surface area contributed by atoms with Gasteiger partial charge >= 0.3 is 0 Å². The van der Waals surface area contributed by atoms with Gasteiger partial charge in [-0.1, -0.05) is 17.7 Å². The van der Waals surface area contributed by atoms with Crippen molar-refractivity contribution in [2.75, 3.05) is 18.4 Å². The number of nitrogens with one attached hydrogen (secondary N) is 2. The van der Waals surface area contributed by atoms with Gasteiger partial charge in [-0.2, -0.15) is 0 Å². The molecule has 4 heteroatoms. The molecule has 0 bridgehead atoms. The summed E-state index contributed by atoms with van der Waals surface area (Å²) < 4.78 is 0. The van der Waals surface area contributed by atoms with Crippen LogP contribution in [0.2, 0.25) is 0 Å². The van der Waals surface area contributed by atoms with Gasteiger partial charge < -0.3 is 15.7 Å². The van der Waals surface area contributed by atoms with E-state index < -0.39 is 5.60 Å². The van der Waals surface area contributed by atoms with Crippen molar-refractivity contribution in [2.24, 2.45) is 0 Å². The van der Waals surface area contributed by atoms with E-state index >= 15 is 0 Å². The molecule has 1 unspecified atom stereocenters. The maximum atomic E-state index is 11.8. The summed E-state index contributed by atoms with van der Waals surface area (Å²) in [5.41, 5.74) is 0.598. The fourth-order valence-electron chi connectivity index (χ4n) is 1.76. The molecule has 3 N–H and O–H groups in total. The number of aliphatic hydroxyl groups is 1. The van der Waals surface area contributed by atoms with Crippen molar-refractivity contribution < 1.29 is 9.90 Å². The number of carbonyl (C=O) groups is 1. The first kappa shape index (κ1) is 11.1. The average molecular weight is 220 g/mol. The van der Waals surface area contributed by atoms with Crippen molar-refractivity contribution in [3.8, 4) is 0 Å². The second-order valence-corrected chi connectivity index (χ2v) is 4.28. The van der Waals surface area contributed by atoms with Crippen LogP contribution >= 0.6 is 0 Å². The highest BCUT2D eigenvalue weighted by atomic mass is 16.3. The molecule has 1 aromatic rings. The van der Waals surface area contributed by atoms with Gasteiger partial charge in [-0.05, 0) is 32.0 Å². The molecular weight excluding hydrogens is 204 g/mol. The van der Waals surface area contributed by atoms with E-state index in [-0.39, 0.29) is 5.91 Å². The third-order valence-electron chi connectivity index (χ3n) is 2.86. The molecule has 1 fully saturated rings. The Morgan fingerprint density at radius 2 is 2.12 bits per heavy atom. The van der Waals surface area contributed by atoms with Crippen LogP contribution in [0.25, 0.3) is 0 Å². The Morgan fingerprint density at radius 1 is 1.44 bits per heavy atom. The number of benzene rings is 1. The van der Waals surface area contributed by atoms with Crippen molar-refractivity contribution in [3.05, 3.63) is 29.8 Å². The SMILES string of the molecule is Cc1ccc(NC(=O)C2(O)CCNC2)cc1. The first-order chi connectivity index (χ1) is 7.60. The minimum Gasteiger partial charge on any atom is -0.379 e. The lowest BCUT2D eigenvalue weighted by Crippen LogP contribution is -2.44. The zero-order valence-corrected chi connectivity index (χ0v) is 9.29. The smallest absolute Gasteiger partial charge is 0.257 e. The lowest BCUT2D eigenvalue weighted by molar-refractivity contribution is -0.132. The molecule has 1 aliphatic heterocycles. The summed E-state index contributed by atoms with van der Waals surface area (Å²) in [5, 5.41) is 15.7. The quantitative estimate of drug-likeness (QED) is 0.686. The highest BCUT2D eigenvalue weighted by Crippen LogP contribution is 2.17. The van der Waals surface area contributed by atoms with E-state index in [0.717, 1.165) is 11.3 Å². The number of amides is 1. The van der Waals surface area contributed by atoms with Crippen LogP contribution in [0, 0.1) is 6.92 Å². The maximum Gasteiger partial charge on any atom is 0.257 e. The summed E-state index contributed by atoms with van der Waals surface area (Å²) in [5.74, 6) is -0.332. The Hall–Kier alpha value is -1.39. The number of hydrogen-bond acceptors (Lipinski definition) is 3. The number of β-amino-alcohol motifs (C(OH)–C–C–N with tert-alkyl or cyclic N) is 1. The van der Waals surface area contributed by atoms with Crippen molar-refractivity contribution in [2.45, 2.75) is 18.9 Å². The predicted molar refractivity (Wildman–Crippen MR) is 62.2 cm³/mol. The van der Waals surface area contributed by atoms with Crippen LogP contribution in [0.4, 0.5) is 5.69 Å². The lowest BCUT2D eigenvalue weighted by Gasteiger charge is -2.20. The summed E-state index contributed by atoms with van der Waals surface area (Å²) >= 11 is 0. The minimum atomic E-state index is -1.26. The van der Waals surface area contributed by atoms with Crippen LogP contribution in [0.5, 0.6) is 0 Å². The van der Waals surface area contributed by atoms with Gasteiger partial charge in [0.1, 0.15) is 0 Å². The van der Waals surface area contributed by atoms with Gasteiger partial charge in [0.15, 0.2) is 5.60 Å². The average Bonchev–Trinajstić information content (AvgIpc) is 2.70. The molecule has 1 aliphatic rings. The summed E-state index contributed by atoms with van der Waals surface area (Å²) in [4.78, 5) is 11.8. The summed E-state index contributed by atoms with van der Waals surface area (Å²) in [7, 11) is 0. The zero-order chi connectivity index (χ0) is 11.6. The van der Waals surface area contributed by atoms with Gasteiger partial charge in [0.05, 0.1) is 0 Å². The molecule has 0 radical (unpaired) electrons. The van der Waals surface area contributed by atoms with Gasteiger partial charge in [0, 0.05) is 12.2 Å². The Morgan fingerprint density at radius 3 is 2.69 bits per heavy atom. The molecule has 86 valence electrons. The van der Waals surface area contributed by atoms with Gasteiger partial charge in [-0.25, -0.2) is 0 Å². The summed E-state index contributed by atoms with van der Waals surface area (Å²) in [6.07, 6.45) is 0.463. The van der Waals surface area contributed by atoms with E-state index in [4.69, 9.17) is 0 Å². The second-order valence-electron chi connectivity index (χ2n) is 4.28. The van der Waals surface area contributed by atoms with E-state index in [1.807, 2.05) is 31.2 Å². The maximum absolute atomic E-state index is 11.8. The van der Waals surface area contributed by atoms with Crippen molar-refractivity contribution in [3.63, 3.8) is 0 Å². The Kier molecular flexibility index (Phi) is 2.94. The molecule has 1 amide bonds. The van der Waals surface area contributed by atoms with Crippen LogP contribution in [-0.4, -0.2) is 29.7 Å². The first-order valence-corrected chi connectivity index (χ1v) is 5.41. The van der Waals surface area contributed by atoms with Crippen molar-refractivity contribution in [1.29, 1.82) is 0 Å². The topological polar surface area (TPSA) is 61.4 Å².